The third-order valence-electron chi connectivity index (χ3n) is 6.33. The van der Waals surface area contributed by atoms with Gasteiger partial charge >= 0.3 is 5.97 Å². The molecule has 0 aliphatic carbocycles. The van der Waals surface area contributed by atoms with Crippen LogP contribution in [0.1, 0.15) is 29.6 Å². The van der Waals surface area contributed by atoms with Crippen molar-refractivity contribution in [1.29, 1.82) is 0 Å². The molecule has 2 atom stereocenters. The molecular formula is C25H31ClN6O5S. The Morgan fingerprint density at radius 3 is 2.66 bits per heavy atom. The van der Waals surface area contributed by atoms with Crippen LogP contribution in [0.15, 0.2) is 58.4 Å². The molecule has 204 valence electrons. The molecule has 2 aromatic rings. The Morgan fingerprint density at radius 1 is 1.18 bits per heavy atom. The minimum absolute atomic E-state index is 0.0712. The second kappa shape index (κ2) is 12.5. The highest BCUT2D eigenvalue weighted by molar-refractivity contribution is 7.89. The van der Waals surface area contributed by atoms with Crippen molar-refractivity contribution in [2.75, 3.05) is 37.6 Å². The van der Waals surface area contributed by atoms with Crippen molar-refractivity contribution >= 4 is 45.1 Å². The average Bonchev–Trinajstić information content (AvgIpc) is 2.92. The van der Waals surface area contributed by atoms with E-state index in [2.05, 4.69) is 30.6 Å². The molecule has 1 fully saturated rings. The van der Waals surface area contributed by atoms with E-state index in [1.165, 1.54) is 30.3 Å². The van der Waals surface area contributed by atoms with E-state index < -0.39 is 34.5 Å². The molecule has 0 radical (unpaired) electrons. The van der Waals surface area contributed by atoms with E-state index in [4.69, 9.17) is 11.6 Å². The summed E-state index contributed by atoms with van der Waals surface area (Å²) >= 11 is 6.55. The maximum absolute atomic E-state index is 12.7. The van der Waals surface area contributed by atoms with Crippen LogP contribution in [0.3, 0.4) is 0 Å². The smallest absolute Gasteiger partial charge is 0.323 e. The van der Waals surface area contributed by atoms with Crippen LogP contribution in [0.2, 0.25) is 5.02 Å². The van der Waals surface area contributed by atoms with Crippen LogP contribution < -0.4 is 25.6 Å². The van der Waals surface area contributed by atoms with Crippen LogP contribution in [-0.4, -0.2) is 76.2 Å². The third-order valence-corrected chi connectivity index (χ3v) is 8.12. The molecule has 2 aliphatic heterocycles. The minimum atomic E-state index is -4.08. The van der Waals surface area contributed by atoms with Crippen LogP contribution in [0.5, 0.6) is 0 Å². The number of halogens is 1. The second-order valence-corrected chi connectivity index (χ2v) is 11.3. The number of nitrogens with one attached hydrogen (secondary N) is 4. The van der Waals surface area contributed by atoms with Gasteiger partial charge < -0.3 is 26.0 Å². The van der Waals surface area contributed by atoms with Crippen LogP contribution in [-0.2, 0) is 14.8 Å². The molecule has 2 aliphatic rings. The van der Waals surface area contributed by atoms with Gasteiger partial charge in [-0.15, -0.1) is 0 Å². The van der Waals surface area contributed by atoms with Crippen molar-refractivity contribution in [2.24, 2.45) is 4.99 Å². The first-order valence-corrected chi connectivity index (χ1v) is 14.3. The summed E-state index contributed by atoms with van der Waals surface area (Å²) in [6.45, 7) is 2.83. The lowest BCUT2D eigenvalue weighted by atomic mass is 10.0. The quantitative estimate of drug-likeness (QED) is 0.307. The van der Waals surface area contributed by atoms with Crippen LogP contribution in [0.4, 0.5) is 5.69 Å². The molecule has 4 rings (SSSR count). The maximum atomic E-state index is 12.7. The Labute approximate surface area is 226 Å². The number of piperidine rings is 1. The van der Waals surface area contributed by atoms with Crippen LogP contribution >= 0.6 is 11.6 Å². The highest BCUT2D eigenvalue weighted by atomic mass is 35.5. The lowest BCUT2D eigenvalue weighted by Gasteiger charge is -2.36. The summed E-state index contributed by atoms with van der Waals surface area (Å²) in [4.78, 5) is 31.0. The monoisotopic (exact) mass is 562 g/mol. The molecular weight excluding hydrogens is 532 g/mol. The average molecular weight is 563 g/mol. The summed E-state index contributed by atoms with van der Waals surface area (Å²) in [6.07, 6.45) is 3.00. The molecule has 0 unspecified atom stereocenters. The Hall–Kier alpha value is -3.35. The number of hydrogen-bond acceptors (Lipinski definition) is 8. The van der Waals surface area contributed by atoms with Gasteiger partial charge in [0.2, 0.25) is 10.0 Å². The summed E-state index contributed by atoms with van der Waals surface area (Å²) in [7, 11) is -4.08. The second-order valence-electron chi connectivity index (χ2n) is 9.14. The first kappa shape index (κ1) is 27.7. The lowest BCUT2D eigenvalue weighted by molar-refractivity contribution is -0.138. The van der Waals surface area contributed by atoms with Gasteiger partial charge in [-0.25, -0.2) is 8.42 Å². The standard InChI is InChI=1S/C25H31ClN6O5S/c26-20-14-17(9-10-22(20)32-13-4-6-18(16-32)30-25-27-11-5-12-28-25)23(33)29-15-21(24(34)35)31-38(36,37)19-7-2-1-3-8-19/h1-3,7-10,14,18,21,31H,4-6,11-13,15-16H2,(H,29,33)(H,34,35)(H2,27,28,30)/t18-,21-/m0/s1. The molecule has 2 heterocycles. The fourth-order valence-corrected chi connectivity index (χ4v) is 5.88. The molecule has 0 bridgehead atoms. The van der Waals surface area contributed by atoms with Gasteiger partial charge in [0.1, 0.15) is 6.04 Å². The molecule has 5 N–H and O–H groups in total. The highest BCUT2D eigenvalue weighted by Crippen LogP contribution is 2.29. The first-order valence-electron chi connectivity index (χ1n) is 12.4. The Kier molecular flexibility index (Phi) is 9.08. The van der Waals surface area contributed by atoms with Gasteiger partial charge in [0.25, 0.3) is 5.91 Å². The number of rotatable bonds is 9. The predicted molar refractivity (Wildman–Crippen MR) is 145 cm³/mol. The number of amides is 1. The van der Waals surface area contributed by atoms with Crippen molar-refractivity contribution in [3.63, 3.8) is 0 Å². The Balaban J connectivity index is 1.36. The number of anilines is 1. The predicted octanol–water partition coefficient (Wildman–Crippen LogP) is 1.41. The number of aliphatic carboxylic acids is 1. The molecule has 13 heteroatoms. The molecule has 0 spiro atoms. The summed E-state index contributed by atoms with van der Waals surface area (Å²) in [5.74, 6) is -1.16. The van der Waals surface area contributed by atoms with Gasteiger partial charge in [-0.3, -0.25) is 14.6 Å². The van der Waals surface area contributed by atoms with Crippen molar-refractivity contribution in [3.05, 3.63) is 59.1 Å². The number of carboxylic acids is 1. The van der Waals surface area contributed by atoms with Crippen LogP contribution in [0.25, 0.3) is 0 Å². The summed E-state index contributed by atoms with van der Waals surface area (Å²) < 4.78 is 27.1. The molecule has 0 aromatic heterocycles. The zero-order valence-corrected chi connectivity index (χ0v) is 22.3. The number of sulfonamides is 1. The number of guanidine groups is 1. The normalized spacial score (nSPS) is 18.6. The molecule has 1 saturated heterocycles. The molecule has 11 nitrogen and oxygen atoms in total. The Bertz CT molecular complexity index is 1290. The minimum Gasteiger partial charge on any atom is -0.480 e. The van der Waals surface area contributed by atoms with E-state index in [0.29, 0.717) is 5.02 Å². The fourth-order valence-electron chi connectivity index (χ4n) is 4.37. The number of carbonyl (C=O) groups is 2. The third kappa shape index (κ3) is 7.15. The van der Waals surface area contributed by atoms with Gasteiger partial charge in [-0.2, -0.15) is 4.72 Å². The number of carboxylic acid groups (broad SMARTS) is 1. The number of benzene rings is 2. The summed E-state index contributed by atoms with van der Waals surface area (Å²) in [5, 5.41) is 19.1. The van der Waals surface area contributed by atoms with Gasteiger partial charge in [0.15, 0.2) is 5.96 Å². The zero-order valence-electron chi connectivity index (χ0n) is 20.7. The zero-order chi connectivity index (χ0) is 27.1. The van der Waals surface area contributed by atoms with Crippen molar-refractivity contribution < 1.29 is 23.1 Å². The molecule has 38 heavy (non-hydrogen) atoms. The van der Waals surface area contributed by atoms with Gasteiger partial charge in [-0.1, -0.05) is 29.8 Å². The Morgan fingerprint density at radius 2 is 1.97 bits per heavy atom. The SMILES string of the molecule is O=C(NC[C@H](NS(=O)(=O)c1ccccc1)C(=O)O)c1ccc(N2CCC[C@H](NC3=NCCCN3)C2)c(Cl)c1. The number of aliphatic imine (C=N–C) groups is 1. The van der Waals surface area contributed by atoms with E-state index in [9.17, 15) is 23.1 Å². The molecule has 2 aromatic carbocycles. The van der Waals surface area contributed by atoms with E-state index in [1.54, 1.807) is 18.2 Å². The van der Waals surface area contributed by atoms with E-state index in [1.807, 2.05) is 0 Å². The molecule has 0 saturated carbocycles. The van der Waals surface area contributed by atoms with Crippen LogP contribution in [0, 0.1) is 0 Å². The van der Waals surface area contributed by atoms with E-state index >= 15 is 0 Å². The van der Waals surface area contributed by atoms with Gasteiger partial charge in [-0.05, 0) is 49.6 Å². The van der Waals surface area contributed by atoms with Gasteiger partial charge in [0, 0.05) is 44.3 Å². The highest BCUT2D eigenvalue weighted by Gasteiger charge is 2.27. The summed E-state index contributed by atoms with van der Waals surface area (Å²) in [6, 6.07) is 11.0. The van der Waals surface area contributed by atoms with Crippen molar-refractivity contribution in [2.45, 2.75) is 36.2 Å². The number of hydrogen-bond donors (Lipinski definition) is 5. The lowest BCUT2D eigenvalue weighted by Crippen LogP contribution is -2.52. The first-order chi connectivity index (χ1) is 18.2. The van der Waals surface area contributed by atoms with E-state index in [-0.39, 0.29) is 16.5 Å². The van der Waals surface area contributed by atoms with E-state index in [0.717, 1.165) is 57.1 Å². The topological polar surface area (TPSA) is 152 Å². The number of carbonyl (C=O) groups excluding carboxylic acids is 1. The van der Waals surface area contributed by atoms with Crippen molar-refractivity contribution in [3.8, 4) is 0 Å². The largest absolute Gasteiger partial charge is 0.480 e. The molecule has 1 amide bonds. The van der Waals surface area contributed by atoms with Gasteiger partial charge in [0.05, 0.1) is 15.6 Å². The number of nitrogens with zero attached hydrogens (tertiary/aromatic N) is 2. The van der Waals surface area contributed by atoms with Crippen molar-refractivity contribution in [1.82, 2.24) is 20.7 Å². The fraction of sp³-hybridized carbons (Fsp3) is 0.400. The maximum Gasteiger partial charge on any atom is 0.323 e. The summed E-state index contributed by atoms with van der Waals surface area (Å²) in [5.41, 5.74) is 1.04.